The van der Waals surface area contributed by atoms with Crippen molar-refractivity contribution < 1.29 is 9.53 Å². The Bertz CT molecular complexity index is 398. The highest BCUT2D eigenvalue weighted by atomic mass is 32.1. The van der Waals surface area contributed by atoms with E-state index in [-0.39, 0.29) is 5.91 Å². The van der Waals surface area contributed by atoms with Gasteiger partial charge in [-0.3, -0.25) is 4.79 Å². The number of carbonyl (C=O) groups is 1. The van der Waals surface area contributed by atoms with E-state index < -0.39 is 0 Å². The lowest BCUT2D eigenvalue weighted by atomic mass is 10.1. The van der Waals surface area contributed by atoms with Crippen LogP contribution >= 0.6 is 11.3 Å². The third kappa shape index (κ3) is 1.72. The van der Waals surface area contributed by atoms with Crippen LogP contribution in [0.4, 0.5) is 5.00 Å². The van der Waals surface area contributed by atoms with Crippen molar-refractivity contribution in [1.29, 1.82) is 0 Å². The molecular formula is C10H14N2O2S. The third-order valence-corrected chi connectivity index (χ3v) is 3.50. The van der Waals surface area contributed by atoms with Gasteiger partial charge >= 0.3 is 0 Å². The summed E-state index contributed by atoms with van der Waals surface area (Å²) in [6, 6.07) is 0. The predicted octanol–water partition coefficient (Wildman–Crippen LogP) is 1.10. The fourth-order valence-electron chi connectivity index (χ4n) is 1.71. The average Bonchev–Trinajstić information content (AvgIpc) is 2.52. The number of rotatable bonds is 1. The molecule has 0 unspecified atom stereocenters. The minimum Gasteiger partial charge on any atom is -0.390 e. The van der Waals surface area contributed by atoms with Crippen LogP contribution in [0, 0.1) is 0 Å². The van der Waals surface area contributed by atoms with Gasteiger partial charge in [0.15, 0.2) is 0 Å². The summed E-state index contributed by atoms with van der Waals surface area (Å²) < 4.78 is 5.33. The van der Waals surface area contributed by atoms with Gasteiger partial charge in [-0.1, -0.05) is 0 Å². The Balaban J connectivity index is 2.46. The van der Waals surface area contributed by atoms with Gasteiger partial charge in [0.1, 0.15) is 0 Å². The van der Waals surface area contributed by atoms with Crippen LogP contribution in [0.15, 0.2) is 0 Å². The van der Waals surface area contributed by atoms with Gasteiger partial charge in [-0.15, -0.1) is 11.3 Å². The lowest BCUT2D eigenvalue weighted by Crippen LogP contribution is -2.24. The molecule has 0 spiro atoms. The molecule has 0 radical (unpaired) electrons. The summed E-state index contributed by atoms with van der Waals surface area (Å²) >= 11 is 1.47. The highest BCUT2D eigenvalue weighted by Gasteiger charge is 2.25. The molecule has 1 amide bonds. The first kappa shape index (κ1) is 10.4. The van der Waals surface area contributed by atoms with Crippen LogP contribution in [0.5, 0.6) is 0 Å². The van der Waals surface area contributed by atoms with E-state index >= 15 is 0 Å². The molecule has 1 aromatic rings. The van der Waals surface area contributed by atoms with Crippen LogP contribution in [-0.2, 0) is 17.8 Å². The van der Waals surface area contributed by atoms with Crippen LogP contribution in [0.1, 0.15) is 20.8 Å². The molecule has 0 bridgehead atoms. The molecule has 15 heavy (non-hydrogen) atoms. The number of nitrogens with zero attached hydrogens (tertiary/aromatic N) is 1. The molecule has 0 aliphatic carbocycles. The van der Waals surface area contributed by atoms with Crippen LogP contribution < -0.4 is 5.73 Å². The Labute approximate surface area is 92.6 Å². The standard InChI is InChI=1S/C10H14N2O2S/c1-12(2)10(13)8-6-3-4-14-5-7(6)15-9(8)11/h3-5,11H2,1-2H3. The molecule has 82 valence electrons. The Morgan fingerprint density at radius 2 is 2.27 bits per heavy atom. The molecule has 2 rings (SSSR count). The number of nitrogens with two attached hydrogens (primary N) is 1. The number of amides is 1. The Hall–Kier alpha value is -1.07. The lowest BCUT2D eigenvalue weighted by molar-refractivity contribution is 0.0822. The fourth-order valence-corrected chi connectivity index (χ4v) is 2.76. The van der Waals surface area contributed by atoms with Crippen molar-refractivity contribution in [2.75, 3.05) is 26.4 Å². The van der Waals surface area contributed by atoms with E-state index in [0.717, 1.165) is 16.9 Å². The fraction of sp³-hybridized carbons (Fsp3) is 0.500. The zero-order valence-electron chi connectivity index (χ0n) is 8.87. The van der Waals surface area contributed by atoms with Crippen molar-refractivity contribution in [2.24, 2.45) is 0 Å². The van der Waals surface area contributed by atoms with Crippen molar-refractivity contribution in [1.82, 2.24) is 4.90 Å². The minimum atomic E-state index is -0.00750. The molecule has 0 saturated heterocycles. The summed E-state index contributed by atoms with van der Waals surface area (Å²) in [5, 5.41) is 0.615. The Morgan fingerprint density at radius 3 is 2.93 bits per heavy atom. The van der Waals surface area contributed by atoms with Gasteiger partial charge in [0.25, 0.3) is 5.91 Å². The number of hydrogen-bond donors (Lipinski definition) is 1. The van der Waals surface area contributed by atoms with E-state index in [4.69, 9.17) is 10.5 Å². The molecule has 1 aliphatic rings. The smallest absolute Gasteiger partial charge is 0.256 e. The molecule has 5 heteroatoms. The first-order valence-electron chi connectivity index (χ1n) is 4.80. The second kappa shape index (κ2) is 3.83. The van der Waals surface area contributed by atoms with Gasteiger partial charge in [-0.25, -0.2) is 0 Å². The van der Waals surface area contributed by atoms with E-state index in [0.29, 0.717) is 23.8 Å². The van der Waals surface area contributed by atoms with E-state index in [1.807, 2.05) is 0 Å². The molecule has 2 N–H and O–H groups in total. The number of nitrogen functional groups attached to an aromatic ring is 1. The summed E-state index contributed by atoms with van der Waals surface area (Å²) in [4.78, 5) is 14.6. The topological polar surface area (TPSA) is 55.6 Å². The molecule has 1 aliphatic heterocycles. The summed E-state index contributed by atoms with van der Waals surface area (Å²) in [7, 11) is 3.48. The molecule has 0 saturated carbocycles. The number of ether oxygens (including phenoxy) is 1. The number of fused-ring (bicyclic) bond motifs is 1. The minimum absolute atomic E-state index is 0.00750. The van der Waals surface area contributed by atoms with Gasteiger partial charge in [-0.05, 0) is 12.0 Å². The zero-order chi connectivity index (χ0) is 11.0. The first-order valence-corrected chi connectivity index (χ1v) is 5.62. The normalized spacial score (nSPS) is 14.8. The molecule has 2 heterocycles. The van der Waals surface area contributed by atoms with Crippen LogP contribution in [-0.4, -0.2) is 31.5 Å². The lowest BCUT2D eigenvalue weighted by Gasteiger charge is -2.15. The molecule has 0 fully saturated rings. The third-order valence-electron chi connectivity index (χ3n) is 2.47. The molecule has 4 nitrogen and oxygen atoms in total. The van der Waals surface area contributed by atoms with Gasteiger partial charge in [0.2, 0.25) is 0 Å². The zero-order valence-corrected chi connectivity index (χ0v) is 9.69. The van der Waals surface area contributed by atoms with Crippen molar-refractivity contribution in [3.8, 4) is 0 Å². The number of carbonyl (C=O) groups excluding carboxylic acids is 1. The maximum absolute atomic E-state index is 11.9. The molecule has 0 atom stereocenters. The van der Waals surface area contributed by atoms with E-state index in [1.165, 1.54) is 11.3 Å². The maximum Gasteiger partial charge on any atom is 0.256 e. The monoisotopic (exact) mass is 226 g/mol. The Morgan fingerprint density at radius 1 is 1.53 bits per heavy atom. The van der Waals surface area contributed by atoms with Gasteiger partial charge < -0.3 is 15.4 Å². The molecule has 1 aromatic heterocycles. The van der Waals surface area contributed by atoms with E-state index in [9.17, 15) is 4.79 Å². The Kier molecular flexibility index (Phi) is 2.67. The molecular weight excluding hydrogens is 212 g/mol. The highest BCUT2D eigenvalue weighted by Crippen LogP contribution is 2.34. The summed E-state index contributed by atoms with van der Waals surface area (Å²) in [6.45, 7) is 1.27. The van der Waals surface area contributed by atoms with E-state index in [2.05, 4.69) is 0 Å². The average molecular weight is 226 g/mol. The highest BCUT2D eigenvalue weighted by molar-refractivity contribution is 7.16. The second-order valence-electron chi connectivity index (χ2n) is 3.75. The maximum atomic E-state index is 11.9. The van der Waals surface area contributed by atoms with Gasteiger partial charge in [-0.2, -0.15) is 0 Å². The van der Waals surface area contributed by atoms with Gasteiger partial charge in [0.05, 0.1) is 23.8 Å². The number of anilines is 1. The van der Waals surface area contributed by atoms with Crippen molar-refractivity contribution in [2.45, 2.75) is 13.0 Å². The number of hydrogen-bond acceptors (Lipinski definition) is 4. The molecule has 0 aromatic carbocycles. The van der Waals surface area contributed by atoms with E-state index in [1.54, 1.807) is 19.0 Å². The van der Waals surface area contributed by atoms with Crippen LogP contribution in [0.25, 0.3) is 0 Å². The number of thiophene rings is 1. The first-order chi connectivity index (χ1) is 7.11. The summed E-state index contributed by atoms with van der Waals surface area (Å²) in [6.07, 6.45) is 0.790. The second-order valence-corrected chi connectivity index (χ2v) is 4.88. The van der Waals surface area contributed by atoms with Crippen LogP contribution in [0.3, 0.4) is 0 Å². The largest absolute Gasteiger partial charge is 0.390 e. The van der Waals surface area contributed by atoms with Crippen LogP contribution in [0.2, 0.25) is 0 Å². The van der Waals surface area contributed by atoms with Gasteiger partial charge in [0, 0.05) is 19.0 Å². The summed E-state index contributed by atoms with van der Waals surface area (Å²) in [5.74, 6) is -0.00750. The SMILES string of the molecule is CN(C)C(=O)c1c(N)sc2c1CCOC2. The predicted molar refractivity (Wildman–Crippen MR) is 60.1 cm³/mol. The van der Waals surface area contributed by atoms with Crippen molar-refractivity contribution >= 4 is 22.2 Å². The summed E-state index contributed by atoms with van der Waals surface area (Å²) in [5.41, 5.74) is 7.64. The van der Waals surface area contributed by atoms with Crippen molar-refractivity contribution in [3.05, 3.63) is 16.0 Å². The van der Waals surface area contributed by atoms with Crippen molar-refractivity contribution in [3.63, 3.8) is 0 Å². The quantitative estimate of drug-likeness (QED) is 0.780.